The van der Waals surface area contributed by atoms with Crippen LogP contribution in [0.3, 0.4) is 0 Å². The summed E-state index contributed by atoms with van der Waals surface area (Å²) < 4.78 is 17.4. The van der Waals surface area contributed by atoms with Gasteiger partial charge in [-0.3, -0.25) is 14.0 Å². The molecule has 4 rings (SSSR count). The van der Waals surface area contributed by atoms with Gasteiger partial charge in [0.05, 0.1) is 16.6 Å². The third-order valence-electron chi connectivity index (χ3n) is 3.87. The van der Waals surface area contributed by atoms with Crippen LogP contribution in [0.5, 0.6) is 0 Å². The molecule has 27 heavy (non-hydrogen) atoms. The van der Waals surface area contributed by atoms with E-state index in [0.717, 1.165) is 15.8 Å². The standard InChI is InChI=1S/C17H8Br2FN3O2S2/c18-7-2-4-12-9(5-7)15(24)22-14-13(27-17(26)23(12)14)16(25)21-11-3-1-8(19)6-10(11)20/h1-6H,(H,21,25)(H,22,24). The first kappa shape index (κ1) is 18.5. The maximum absolute atomic E-state index is 14.0. The molecule has 4 aromatic rings. The molecule has 0 saturated carbocycles. The number of nitrogens with zero attached hydrogens (tertiary/aromatic N) is 1. The van der Waals surface area contributed by atoms with Gasteiger partial charge in [0.2, 0.25) is 0 Å². The fourth-order valence-corrected chi connectivity index (χ4v) is 4.66. The van der Waals surface area contributed by atoms with E-state index in [-0.39, 0.29) is 21.8 Å². The van der Waals surface area contributed by atoms with Gasteiger partial charge in [0.1, 0.15) is 16.3 Å². The molecule has 136 valence electrons. The zero-order chi connectivity index (χ0) is 19.3. The van der Waals surface area contributed by atoms with Gasteiger partial charge >= 0.3 is 0 Å². The second-order valence-corrected chi connectivity index (χ2v) is 9.05. The monoisotopic (exact) mass is 527 g/mol. The Morgan fingerprint density at radius 2 is 1.89 bits per heavy atom. The highest BCUT2D eigenvalue weighted by Crippen LogP contribution is 2.26. The lowest BCUT2D eigenvalue weighted by molar-refractivity contribution is 0.103. The molecule has 2 aromatic heterocycles. The van der Waals surface area contributed by atoms with Crippen molar-refractivity contribution in [3.05, 3.63) is 70.3 Å². The summed E-state index contributed by atoms with van der Waals surface area (Å²) in [7, 11) is 0. The summed E-state index contributed by atoms with van der Waals surface area (Å²) in [5.41, 5.74) is 0.558. The topological polar surface area (TPSA) is 66.4 Å². The van der Waals surface area contributed by atoms with E-state index in [1.807, 2.05) is 0 Å². The number of fused-ring (bicyclic) bond motifs is 3. The molecule has 0 aliphatic heterocycles. The summed E-state index contributed by atoms with van der Waals surface area (Å²) in [4.78, 5) is 28.1. The first-order chi connectivity index (χ1) is 12.8. The van der Waals surface area contributed by atoms with Crippen LogP contribution in [0.25, 0.3) is 16.6 Å². The number of hydrogen-bond donors (Lipinski definition) is 2. The van der Waals surface area contributed by atoms with Crippen molar-refractivity contribution in [3.63, 3.8) is 0 Å². The molecule has 0 unspecified atom stereocenters. The highest BCUT2D eigenvalue weighted by Gasteiger charge is 2.19. The van der Waals surface area contributed by atoms with Crippen LogP contribution < -0.4 is 10.9 Å². The van der Waals surface area contributed by atoms with Crippen molar-refractivity contribution in [1.82, 2.24) is 9.38 Å². The molecule has 0 fully saturated rings. The second-order valence-electron chi connectivity index (χ2n) is 5.57. The third kappa shape index (κ3) is 3.27. The predicted octanol–water partition coefficient (Wildman–Crippen LogP) is 5.49. The van der Waals surface area contributed by atoms with Gasteiger partial charge < -0.3 is 10.3 Å². The molecule has 0 radical (unpaired) electrons. The molecule has 0 bridgehead atoms. The van der Waals surface area contributed by atoms with Gasteiger partial charge in [0, 0.05) is 8.95 Å². The Labute approximate surface area is 177 Å². The molecule has 1 amide bonds. The van der Waals surface area contributed by atoms with Gasteiger partial charge in [-0.15, -0.1) is 0 Å². The SMILES string of the molecule is O=C(Nc1ccc(Br)cc1F)c1sc(=S)n2c1[nH]c(=O)c1cc(Br)ccc12. The number of benzene rings is 2. The Morgan fingerprint density at radius 1 is 1.19 bits per heavy atom. The van der Waals surface area contributed by atoms with Crippen molar-refractivity contribution >= 4 is 83.6 Å². The molecule has 10 heteroatoms. The number of nitrogens with one attached hydrogen (secondary N) is 2. The molecule has 0 atom stereocenters. The number of carbonyl (C=O) groups excluding carboxylic acids is 1. The van der Waals surface area contributed by atoms with E-state index in [4.69, 9.17) is 12.2 Å². The Morgan fingerprint density at radius 3 is 2.63 bits per heavy atom. The first-order valence-corrected chi connectivity index (χ1v) is 10.3. The normalized spacial score (nSPS) is 11.2. The quantitative estimate of drug-likeness (QED) is 0.338. The van der Waals surface area contributed by atoms with Crippen LogP contribution in [-0.4, -0.2) is 15.3 Å². The van der Waals surface area contributed by atoms with Crippen LogP contribution in [0.2, 0.25) is 0 Å². The van der Waals surface area contributed by atoms with Gasteiger partial charge in [-0.1, -0.05) is 43.2 Å². The molecular formula is C17H8Br2FN3O2S2. The number of carbonyl (C=O) groups is 1. The maximum atomic E-state index is 14.0. The summed E-state index contributed by atoms with van der Waals surface area (Å²) >= 11 is 12.9. The van der Waals surface area contributed by atoms with Crippen LogP contribution in [0.1, 0.15) is 9.67 Å². The highest BCUT2D eigenvalue weighted by atomic mass is 79.9. The Hall–Kier alpha value is -1.88. The Bertz CT molecular complexity index is 1360. The summed E-state index contributed by atoms with van der Waals surface area (Å²) in [6, 6.07) is 9.54. The summed E-state index contributed by atoms with van der Waals surface area (Å²) in [6.45, 7) is 0. The average molecular weight is 529 g/mol. The van der Waals surface area contributed by atoms with E-state index in [2.05, 4.69) is 42.2 Å². The number of anilines is 1. The van der Waals surface area contributed by atoms with E-state index in [1.165, 1.54) is 12.1 Å². The molecule has 0 aliphatic carbocycles. The number of rotatable bonds is 2. The van der Waals surface area contributed by atoms with Gasteiger partial charge in [-0.2, -0.15) is 0 Å². The fourth-order valence-electron chi connectivity index (χ4n) is 2.69. The van der Waals surface area contributed by atoms with Crippen LogP contribution in [0.4, 0.5) is 10.1 Å². The second kappa shape index (κ2) is 6.93. The number of halogens is 3. The fraction of sp³-hybridized carbons (Fsp3) is 0. The molecule has 2 N–H and O–H groups in total. The zero-order valence-electron chi connectivity index (χ0n) is 13.2. The van der Waals surface area contributed by atoms with Gasteiger partial charge in [-0.05, 0) is 48.6 Å². The smallest absolute Gasteiger partial charge is 0.269 e. The predicted molar refractivity (Wildman–Crippen MR) is 114 cm³/mol. The molecular weight excluding hydrogens is 521 g/mol. The van der Waals surface area contributed by atoms with Crippen LogP contribution in [-0.2, 0) is 0 Å². The van der Waals surface area contributed by atoms with Crippen molar-refractivity contribution in [2.45, 2.75) is 0 Å². The van der Waals surface area contributed by atoms with E-state index >= 15 is 0 Å². The molecule has 2 aromatic carbocycles. The zero-order valence-corrected chi connectivity index (χ0v) is 18.0. The van der Waals surface area contributed by atoms with Crippen molar-refractivity contribution in [3.8, 4) is 0 Å². The minimum absolute atomic E-state index is 0.0349. The maximum Gasteiger partial charge on any atom is 0.269 e. The number of amides is 1. The number of hydrogen-bond acceptors (Lipinski definition) is 4. The van der Waals surface area contributed by atoms with Crippen molar-refractivity contribution in [2.75, 3.05) is 5.32 Å². The molecule has 2 heterocycles. The van der Waals surface area contributed by atoms with Crippen molar-refractivity contribution < 1.29 is 9.18 Å². The molecule has 0 aliphatic rings. The van der Waals surface area contributed by atoms with Gasteiger partial charge in [0.25, 0.3) is 11.5 Å². The van der Waals surface area contributed by atoms with Crippen LogP contribution >= 0.6 is 55.4 Å². The van der Waals surface area contributed by atoms with Crippen LogP contribution in [0.15, 0.2) is 50.1 Å². The Balaban J connectivity index is 1.89. The van der Waals surface area contributed by atoms with Crippen molar-refractivity contribution in [1.29, 1.82) is 0 Å². The summed E-state index contributed by atoms with van der Waals surface area (Å²) in [5, 5.41) is 2.96. The van der Waals surface area contributed by atoms with E-state index < -0.39 is 11.7 Å². The van der Waals surface area contributed by atoms with E-state index in [0.29, 0.717) is 19.3 Å². The van der Waals surface area contributed by atoms with Crippen molar-refractivity contribution in [2.24, 2.45) is 0 Å². The number of aromatic nitrogens is 2. The molecule has 0 spiro atoms. The lowest BCUT2D eigenvalue weighted by atomic mass is 10.2. The van der Waals surface area contributed by atoms with Gasteiger partial charge in [0.15, 0.2) is 3.95 Å². The van der Waals surface area contributed by atoms with E-state index in [1.54, 1.807) is 28.7 Å². The first-order valence-electron chi connectivity index (χ1n) is 7.48. The summed E-state index contributed by atoms with van der Waals surface area (Å²) in [6.07, 6.45) is 0. The largest absolute Gasteiger partial charge is 0.319 e. The van der Waals surface area contributed by atoms with Gasteiger partial charge in [-0.25, -0.2) is 4.39 Å². The Kier molecular flexibility index (Phi) is 4.75. The number of H-pyrrole nitrogens is 1. The third-order valence-corrected chi connectivity index (χ3v) is 6.23. The van der Waals surface area contributed by atoms with E-state index in [9.17, 15) is 14.0 Å². The summed E-state index contributed by atoms with van der Waals surface area (Å²) in [5.74, 6) is -1.13. The number of aromatic amines is 1. The van der Waals surface area contributed by atoms with Crippen LogP contribution in [0, 0.1) is 9.77 Å². The average Bonchev–Trinajstić information content (AvgIpc) is 2.94. The lowest BCUT2D eigenvalue weighted by Gasteiger charge is -2.06. The minimum atomic E-state index is -0.575. The number of thiazole rings is 1. The minimum Gasteiger partial charge on any atom is -0.319 e. The molecule has 5 nitrogen and oxygen atoms in total. The molecule has 0 saturated heterocycles. The lowest BCUT2D eigenvalue weighted by Crippen LogP contribution is -2.15. The highest BCUT2D eigenvalue weighted by molar-refractivity contribution is 9.10.